The molecule has 1 aromatic carbocycles. The maximum Gasteiger partial charge on any atom is 0.251 e. The first-order chi connectivity index (χ1) is 19.5. The molecular weight excluding hydrogens is 498 g/mol. The highest BCUT2D eigenvalue weighted by molar-refractivity contribution is 5.99. The molecule has 0 radical (unpaired) electrons. The second-order valence-corrected chi connectivity index (χ2v) is 12.3. The fourth-order valence-corrected chi connectivity index (χ4v) is 7.73. The predicted molar refractivity (Wildman–Crippen MR) is 155 cm³/mol. The summed E-state index contributed by atoms with van der Waals surface area (Å²) < 4.78 is 6.76. The van der Waals surface area contributed by atoms with Gasteiger partial charge >= 0.3 is 0 Å². The van der Waals surface area contributed by atoms with Gasteiger partial charge in [-0.1, -0.05) is 6.92 Å². The zero-order valence-corrected chi connectivity index (χ0v) is 23.4. The van der Waals surface area contributed by atoms with Crippen LogP contribution < -0.4 is 10.1 Å². The summed E-state index contributed by atoms with van der Waals surface area (Å²) >= 11 is 0. The van der Waals surface area contributed by atoms with Gasteiger partial charge in [0.05, 0.1) is 17.3 Å². The van der Waals surface area contributed by atoms with Crippen molar-refractivity contribution in [3.8, 4) is 17.0 Å². The van der Waals surface area contributed by atoms with E-state index in [0.29, 0.717) is 18.0 Å². The van der Waals surface area contributed by atoms with Gasteiger partial charge in [0.1, 0.15) is 5.75 Å². The Balaban J connectivity index is 1.13. The van der Waals surface area contributed by atoms with Gasteiger partial charge < -0.3 is 10.1 Å². The number of pyridine rings is 2. The fraction of sp³-hybridized carbons (Fsp3) is 0.455. The Bertz CT molecular complexity index is 1530. The molecule has 7 atom stereocenters. The van der Waals surface area contributed by atoms with Crippen LogP contribution in [0, 0.1) is 42.4 Å². The molecule has 2 N–H and O–H groups in total. The molecule has 3 fully saturated rings. The van der Waals surface area contributed by atoms with E-state index in [-0.39, 0.29) is 12.0 Å². The molecule has 1 amide bonds. The number of aromatic amines is 1. The molecule has 0 bridgehead atoms. The number of carbonyl (C=O) groups is 1. The molecule has 0 saturated heterocycles. The van der Waals surface area contributed by atoms with E-state index in [1.807, 2.05) is 55.6 Å². The minimum atomic E-state index is -0.0961. The van der Waals surface area contributed by atoms with E-state index in [1.54, 1.807) is 6.20 Å². The number of benzene rings is 1. The van der Waals surface area contributed by atoms with Crippen LogP contribution in [0.4, 0.5) is 0 Å². The van der Waals surface area contributed by atoms with Crippen LogP contribution in [0.2, 0.25) is 0 Å². The molecule has 7 rings (SSSR count). The van der Waals surface area contributed by atoms with Gasteiger partial charge in [-0.15, -0.1) is 0 Å². The van der Waals surface area contributed by atoms with Crippen LogP contribution in [-0.4, -0.2) is 38.7 Å². The van der Waals surface area contributed by atoms with Gasteiger partial charge in [-0.05, 0) is 111 Å². The SMILES string of the molecule is Cc1ccc(-c2cc(OC(C)C3CC4C5CC(C)C5C34)c3ccc(C(=O)NCCCc4ccn[nH]4)cc3n2)cn1. The molecule has 3 aromatic heterocycles. The Kier molecular flexibility index (Phi) is 6.32. The number of amides is 1. The van der Waals surface area contributed by atoms with E-state index < -0.39 is 0 Å². The summed E-state index contributed by atoms with van der Waals surface area (Å²) in [5, 5.41) is 10.9. The summed E-state index contributed by atoms with van der Waals surface area (Å²) in [7, 11) is 0. The average Bonchev–Trinajstić information content (AvgIpc) is 3.46. The van der Waals surface area contributed by atoms with E-state index in [0.717, 1.165) is 81.7 Å². The van der Waals surface area contributed by atoms with Gasteiger partial charge in [-0.3, -0.25) is 14.9 Å². The lowest BCUT2D eigenvalue weighted by molar-refractivity contribution is -0.250. The third kappa shape index (κ3) is 4.36. The normalized spacial score (nSPS) is 27.0. The summed E-state index contributed by atoms with van der Waals surface area (Å²) in [5.41, 5.74) is 5.13. The molecule has 0 spiro atoms. The van der Waals surface area contributed by atoms with E-state index in [1.165, 1.54) is 12.8 Å². The molecular formula is C33H37N5O2. The van der Waals surface area contributed by atoms with Crippen molar-refractivity contribution < 1.29 is 9.53 Å². The fourth-order valence-electron chi connectivity index (χ4n) is 7.73. The summed E-state index contributed by atoms with van der Waals surface area (Å²) in [6, 6.07) is 13.8. The number of carbonyl (C=O) groups excluding carboxylic acids is 1. The topological polar surface area (TPSA) is 92.8 Å². The smallest absolute Gasteiger partial charge is 0.251 e. The van der Waals surface area contributed by atoms with Crippen molar-refractivity contribution in [1.29, 1.82) is 0 Å². The zero-order chi connectivity index (χ0) is 27.4. The molecule has 206 valence electrons. The minimum Gasteiger partial charge on any atom is -0.490 e. The summed E-state index contributed by atoms with van der Waals surface area (Å²) in [5.74, 6) is 5.90. The number of aryl methyl sites for hydroxylation is 2. The molecule has 3 aliphatic rings. The van der Waals surface area contributed by atoms with Gasteiger partial charge in [0.15, 0.2) is 0 Å². The second kappa shape index (κ2) is 10.0. The first-order valence-corrected chi connectivity index (χ1v) is 14.8. The lowest BCUT2D eigenvalue weighted by Gasteiger charge is -2.72. The monoisotopic (exact) mass is 535 g/mol. The third-order valence-electron chi connectivity index (χ3n) is 9.95. The number of aromatic nitrogens is 4. The van der Waals surface area contributed by atoms with Crippen molar-refractivity contribution in [3.05, 3.63) is 71.8 Å². The Morgan fingerprint density at radius 3 is 2.77 bits per heavy atom. The van der Waals surface area contributed by atoms with Crippen LogP contribution in [0.25, 0.3) is 22.2 Å². The number of hydrogen-bond acceptors (Lipinski definition) is 5. The van der Waals surface area contributed by atoms with Gasteiger partial charge in [-0.25, -0.2) is 4.98 Å². The first kappa shape index (κ1) is 25.2. The predicted octanol–water partition coefficient (Wildman–Crippen LogP) is 6.00. The Morgan fingerprint density at radius 2 is 2.00 bits per heavy atom. The van der Waals surface area contributed by atoms with Crippen LogP contribution in [-0.2, 0) is 6.42 Å². The molecule has 7 unspecified atom stereocenters. The number of ether oxygens (including phenoxy) is 1. The van der Waals surface area contributed by atoms with Gasteiger partial charge in [0.25, 0.3) is 5.91 Å². The van der Waals surface area contributed by atoms with Gasteiger partial charge in [-0.2, -0.15) is 5.10 Å². The highest BCUT2D eigenvalue weighted by Crippen LogP contribution is 2.72. The summed E-state index contributed by atoms with van der Waals surface area (Å²) in [6.07, 6.45) is 8.15. The van der Waals surface area contributed by atoms with E-state index in [4.69, 9.17) is 9.72 Å². The number of H-pyrrole nitrogens is 1. The standard InChI is InChI=1S/C33H37N5O2/c1-18-13-26-27-15-25(32(27)31(18)26)20(3)40-30-16-28(22-7-6-19(2)35-17-22)37-29-14-21(8-9-24(29)30)33(39)34-11-4-5-23-10-12-36-38-23/h6-10,12,14,16-18,20,25-27,31-32H,4-5,11,13,15H2,1-3H3,(H,34,39)(H,36,38). The Hall–Kier alpha value is -3.74. The molecule has 3 saturated carbocycles. The van der Waals surface area contributed by atoms with Crippen LogP contribution in [0.1, 0.15) is 54.9 Å². The van der Waals surface area contributed by atoms with Gasteiger partial charge in [0.2, 0.25) is 0 Å². The lowest BCUT2D eigenvalue weighted by atomic mass is 9.33. The number of hydrogen-bond donors (Lipinski definition) is 2. The van der Waals surface area contributed by atoms with E-state index in [2.05, 4.69) is 34.3 Å². The molecule has 3 heterocycles. The largest absolute Gasteiger partial charge is 0.490 e. The molecule has 0 aliphatic heterocycles. The van der Waals surface area contributed by atoms with Crippen molar-refractivity contribution in [2.75, 3.05) is 6.54 Å². The number of nitrogens with zero attached hydrogens (tertiary/aromatic N) is 3. The van der Waals surface area contributed by atoms with Crippen molar-refractivity contribution >= 4 is 16.8 Å². The Labute approximate surface area is 235 Å². The van der Waals surface area contributed by atoms with E-state index >= 15 is 0 Å². The van der Waals surface area contributed by atoms with Crippen molar-refractivity contribution in [1.82, 2.24) is 25.5 Å². The highest BCUT2D eigenvalue weighted by atomic mass is 16.5. The molecule has 3 aliphatic carbocycles. The zero-order valence-electron chi connectivity index (χ0n) is 23.4. The van der Waals surface area contributed by atoms with Gasteiger partial charge in [0, 0.05) is 52.9 Å². The maximum atomic E-state index is 13.0. The lowest BCUT2D eigenvalue weighted by Crippen LogP contribution is -2.68. The van der Waals surface area contributed by atoms with Crippen LogP contribution in [0.15, 0.2) is 54.9 Å². The number of fused-ring (bicyclic) bond motifs is 5. The highest BCUT2D eigenvalue weighted by Gasteiger charge is 2.67. The quantitative estimate of drug-likeness (QED) is 0.257. The van der Waals surface area contributed by atoms with Crippen molar-refractivity contribution in [3.63, 3.8) is 0 Å². The number of rotatable bonds is 9. The number of nitrogens with one attached hydrogen (secondary N) is 2. The van der Waals surface area contributed by atoms with Crippen molar-refractivity contribution in [2.24, 2.45) is 35.5 Å². The van der Waals surface area contributed by atoms with E-state index in [9.17, 15) is 4.79 Å². The third-order valence-corrected chi connectivity index (χ3v) is 9.95. The first-order valence-electron chi connectivity index (χ1n) is 14.8. The summed E-state index contributed by atoms with van der Waals surface area (Å²) in [6.45, 7) is 7.23. The van der Waals surface area contributed by atoms with Crippen LogP contribution >= 0.6 is 0 Å². The molecule has 7 heteroatoms. The maximum absolute atomic E-state index is 13.0. The molecule has 4 aromatic rings. The second-order valence-electron chi connectivity index (χ2n) is 12.3. The van der Waals surface area contributed by atoms with Crippen LogP contribution in [0.3, 0.4) is 0 Å². The van der Waals surface area contributed by atoms with Crippen molar-refractivity contribution in [2.45, 2.75) is 52.6 Å². The van der Waals surface area contributed by atoms with Crippen LogP contribution in [0.5, 0.6) is 5.75 Å². The molecule has 40 heavy (non-hydrogen) atoms. The average molecular weight is 536 g/mol. The summed E-state index contributed by atoms with van der Waals surface area (Å²) in [4.78, 5) is 22.5. The molecule has 7 nitrogen and oxygen atoms in total. The Morgan fingerprint density at radius 1 is 1.12 bits per heavy atom. The minimum absolute atomic E-state index is 0.0961.